The SMILES string of the molecule is COC(=O)c1cc(NC(=O)C2(CN)CCC2)c(F)cc1F. The number of anilines is 1. The molecule has 1 aromatic rings. The largest absolute Gasteiger partial charge is 0.465 e. The summed E-state index contributed by atoms with van der Waals surface area (Å²) in [5.41, 5.74) is 4.19. The van der Waals surface area contributed by atoms with E-state index in [2.05, 4.69) is 10.1 Å². The summed E-state index contributed by atoms with van der Waals surface area (Å²) in [5.74, 6) is -3.37. The topological polar surface area (TPSA) is 81.4 Å². The van der Waals surface area contributed by atoms with Gasteiger partial charge in [-0.3, -0.25) is 4.79 Å². The van der Waals surface area contributed by atoms with Gasteiger partial charge in [0, 0.05) is 12.6 Å². The molecule has 5 nitrogen and oxygen atoms in total. The van der Waals surface area contributed by atoms with E-state index in [1.165, 1.54) is 0 Å². The third kappa shape index (κ3) is 2.73. The minimum Gasteiger partial charge on any atom is -0.465 e. The number of rotatable bonds is 4. The Labute approximate surface area is 120 Å². The van der Waals surface area contributed by atoms with Crippen LogP contribution in [0, 0.1) is 17.0 Å². The number of nitrogens with two attached hydrogens (primary N) is 1. The average Bonchev–Trinajstić information content (AvgIpc) is 2.40. The lowest BCUT2D eigenvalue weighted by Crippen LogP contribution is -2.47. The Morgan fingerprint density at radius 1 is 1.33 bits per heavy atom. The number of methoxy groups -OCH3 is 1. The third-order valence-corrected chi connectivity index (χ3v) is 3.89. The van der Waals surface area contributed by atoms with Crippen LogP contribution in [0.15, 0.2) is 12.1 Å². The molecule has 1 saturated carbocycles. The van der Waals surface area contributed by atoms with E-state index < -0.39 is 34.5 Å². The summed E-state index contributed by atoms with van der Waals surface area (Å²) in [5, 5.41) is 2.38. The molecule has 0 atom stereocenters. The van der Waals surface area contributed by atoms with Crippen LogP contribution < -0.4 is 11.1 Å². The average molecular weight is 298 g/mol. The van der Waals surface area contributed by atoms with E-state index in [1.807, 2.05) is 0 Å². The maximum Gasteiger partial charge on any atom is 0.340 e. The molecule has 3 N–H and O–H groups in total. The lowest BCUT2D eigenvalue weighted by Gasteiger charge is -2.39. The van der Waals surface area contributed by atoms with Gasteiger partial charge in [-0.1, -0.05) is 6.42 Å². The van der Waals surface area contributed by atoms with Crippen molar-refractivity contribution < 1.29 is 23.1 Å². The minimum absolute atomic E-state index is 0.158. The second-order valence-corrected chi connectivity index (χ2v) is 5.10. The summed E-state index contributed by atoms with van der Waals surface area (Å²) >= 11 is 0. The summed E-state index contributed by atoms with van der Waals surface area (Å²) in [6.07, 6.45) is 2.13. The number of amides is 1. The van der Waals surface area contributed by atoms with Gasteiger partial charge in [0.05, 0.1) is 23.8 Å². The highest BCUT2D eigenvalue weighted by Gasteiger charge is 2.43. The van der Waals surface area contributed by atoms with Crippen LogP contribution in [0.5, 0.6) is 0 Å². The molecule has 114 valence electrons. The lowest BCUT2D eigenvalue weighted by atomic mass is 9.68. The van der Waals surface area contributed by atoms with Crippen molar-refractivity contribution in [2.24, 2.45) is 11.1 Å². The first-order valence-electron chi connectivity index (χ1n) is 6.52. The number of carbonyl (C=O) groups excluding carboxylic acids is 2. The van der Waals surface area contributed by atoms with Crippen molar-refractivity contribution in [2.45, 2.75) is 19.3 Å². The maximum atomic E-state index is 13.7. The first-order valence-corrected chi connectivity index (χ1v) is 6.52. The number of nitrogens with one attached hydrogen (secondary N) is 1. The highest BCUT2D eigenvalue weighted by atomic mass is 19.1. The normalized spacial score (nSPS) is 16.0. The third-order valence-electron chi connectivity index (χ3n) is 3.89. The highest BCUT2D eigenvalue weighted by Crippen LogP contribution is 2.41. The van der Waals surface area contributed by atoms with Crippen LogP contribution in [0.3, 0.4) is 0 Å². The molecule has 1 aromatic carbocycles. The molecule has 1 aliphatic rings. The lowest BCUT2D eigenvalue weighted by molar-refractivity contribution is -0.129. The van der Waals surface area contributed by atoms with Gasteiger partial charge in [-0.25, -0.2) is 13.6 Å². The Morgan fingerprint density at radius 3 is 2.48 bits per heavy atom. The summed E-state index contributed by atoms with van der Waals surface area (Å²) in [4.78, 5) is 23.6. The maximum absolute atomic E-state index is 13.7. The summed E-state index contributed by atoms with van der Waals surface area (Å²) < 4.78 is 31.6. The first-order chi connectivity index (χ1) is 9.93. The molecule has 1 aliphatic carbocycles. The molecule has 0 unspecified atom stereocenters. The van der Waals surface area contributed by atoms with Crippen molar-refractivity contribution in [3.05, 3.63) is 29.3 Å². The van der Waals surface area contributed by atoms with Crippen molar-refractivity contribution in [1.82, 2.24) is 0 Å². The number of ether oxygens (including phenoxy) is 1. The number of esters is 1. The van der Waals surface area contributed by atoms with Crippen LogP contribution in [-0.4, -0.2) is 25.5 Å². The van der Waals surface area contributed by atoms with Crippen molar-refractivity contribution >= 4 is 17.6 Å². The van der Waals surface area contributed by atoms with Crippen molar-refractivity contribution in [1.29, 1.82) is 0 Å². The molecule has 0 heterocycles. The molecule has 1 fully saturated rings. The van der Waals surface area contributed by atoms with Crippen LogP contribution in [0.2, 0.25) is 0 Å². The summed E-state index contributed by atoms with van der Waals surface area (Å²) in [6.45, 7) is 0.158. The van der Waals surface area contributed by atoms with Crippen LogP contribution in [0.25, 0.3) is 0 Å². The van der Waals surface area contributed by atoms with E-state index in [-0.39, 0.29) is 12.2 Å². The van der Waals surface area contributed by atoms with Gasteiger partial charge < -0.3 is 15.8 Å². The molecule has 21 heavy (non-hydrogen) atoms. The number of carbonyl (C=O) groups is 2. The van der Waals surface area contributed by atoms with E-state index in [0.29, 0.717) is 18.9 Å². The fraction of sp³-hybridized carbons (Fsp3) is 0.429. The second-order valence-electron chi connectivity index (χ2n) is 5.10. The van der Waals surface area contributed by atoms with Crippen molar-refractivity contribution in [3.8, 4) is 0 Å². The van der Waals surface area contributed by atoms with Crippen LogP contribution in [0.4, 0.5) is 14.5 Å². The highest BCUT2D eigenvalue weighted by molar-refractivity contribution is 5.98. The van der Waals surface area contributed by atoms with E-state index in [0.717, 1.165) is 19.6 Å². The Bertz CT molecular complexity index is 580. The van der Waals surface area contributed by atoms with Gasteiger partial charge in [0.25, 0.3) is 0 Å². The fourth-order valence-electron chi connectivity index (χ4n) is 2.29. The number of hydrogen-bond acceptors (Lipinski definition) is 4. The number of hydrogen-bond donors (Lipinski definition) is 2. The number of benzene rings is 1. The van der Waals surface area contributed by atoms with Gasteiger partial charge in [0.1, 0.15) is 11.6 Å². The fourth-order valence-corrected chi connectivity index (χ4v) is 2.29. The summed E-state index contributed by atoms with van der Waals surface area (Å²) in [6, 6.07) is 1.47. The predicted octanol–water partition coefficient (Wildman–Crippen LogP) is 1.82. The molecule has 0 aliphatic heterocycles. The zero-order chi connectivity index (χ0) is 15.6. The quantitative estimate of drug-likeness (QED) is 0.831. The van der Waals surface area contributed by atoms with E-state index in [4.69, 9.17) is 5.73 Å². The van der Waals surface area contributed by atoms with Crippen LogP contribution in [-0.2, 0) is 9.53 Å². The first kappa shape index (κ1) is 15.4. The van der Waals surface area contributed by atoms with Gasteiger partial charge in [-0.05, 0) is 18.9 Å². The minimum atomic E-state index is -1.05. The second kappa shape index (κ2) is 5.77. The van der Waals surface area contributed by atoms with Gasteiger partial charge in [-0.2, -0.15) is 0 Å². The Hall–Kier alpha value is -2.02. The molecular formula is C14H16F2N2O3. The van der Waals surface area contributed by atoms with Crippen molar-refractivity contribution in [3.63, 3.8) is 0 Å². The Morgan fingerprint density at radius 2 is 2.00 bits per heavy atom. The molecule has 0 saturated heterocycles. The van der Waals surface area contributed by atoms with E-state index in [9.17, 15) is 18.4 Å². The van der Waals surface area contributed by atoms with Gasteiger partial charge in [-0.15, -0.1) is 0 Å². The smallest absolute Gasteiger partial charge is 0.340 e. The summed E-state index contributed by atoms with van der Waals surface area (Å²) in [7, 11) is 1.08. The Kier molecular flexibility index (Phi) is 4.22. The van der Waals surface area contributed by atoms with Gasteiger partial charge in [0.2, 0.25) is 5.91 Å². The monoisotopic (exact) mass is 298 g/mol. The van der Waals surface area contributed by atoms with Gasteiger partial charge >= 0.3 is 5.97 Å². The molecule has 0 bridgehead atoms. The molecule has 0 aromatic heterocycles. The zero-order valence-electron chi connectivity index (χ0n) is 11.5. The van der Waals surface area contributed by atoms with Gasteiger partial charge in [0.15, 0.2) is 0 Å². The zero-order valence-corrected chi connectivity index (χ0v) is 11.5. The van der Waals surface area contributed by atoms with E-state index >= 15 is 0 Å². The molecule has 7 heteroatoms. The molecule has 1 amide bonds. The van der Waals surface area contributed by atoms with Crippen LogP contribution >= 0.6 is 0 Å². The molecule has 0 radical (unpaired) electrons. The molecule has 0 spiro atoms. The van der Waals surface area contributed by atoms with Crippen molar-refractivity contribution in [2.75, 3.05) is 19.0 Å². The van der Waals surface area contributed by atoms with E-state index in [1.54, 1.807) is 0 Å². The number of halogens is 2. The predicted molar refractivity (Wildman–Crippen MR) is 71.7 cm³/mol. The standard InChI is InChI=1S/C14H16F2N2O3/c1-21-12(19)8-5-11(10(16)6-9(8)15)18-13(20)14(7-17)3-2-4-14/h5-6H,2-4,7,17H2,1H3,(H,18,20). The Balaban J connectivity index is 2.27. The van der Waals surface area contributed by atoms with Crippen LogP contribution in [0.1, 0.15) is 29.6 Å². The molecule has 2 rings (SSSR count). The molecular weight excluding hydrogens is 282 g/mol.